The molecule has 0 spiro atoms. The van der Waals surface area contributed by atoms with Crippen LogP contribution in [0, 0.1) is 0 Å². The first-order valence-corrected chi connectivity index (χ1v) is 9.54. The lowest BCUT2D eigenvalue weighted by atomic mass is 10.2. The van der Waals surface area contributed by atoms with Crippen LogP contribution in [0.4, 0.5) is 5.69 Å². The van der Waals surface area contributed by atoms with Crippen molar-refractivity contribution in [2.75, 3.05) is 11.9 Å². The van der Waals surface area contributed by atoms with Gasteiger partial charge in [-0.15, -0.1) is 0 Å². The van der Waals surface area contributed by atoms with E-state index in [1.807, 2.05) is 24.3 Å². The number of rotatable bonds is 4. The number of amides is 2. The zero-order valence-corrected chi connectivity index (χ0v) is 16.5. The van der Waals surface area contributed by atoms with Crippen LogP contribution in [-0.4, -0.2) is 32.7 Å². The number of carbonyl (C=O) groups excluding carboxylic acids is 2. The van der Waals surface area contributed by atoms with Crippen molar-refractivity contribution in [3.8, 4) is 5.75 Å². The first kappa shape index (κ1) is 18.6. The lowest BCUT2D eigenvalue weighted by Crippen LogP contribution is -2.36. The van der Waals surface area contributed by atoms with E-state index >= 15 is 0 Å². The molecule has 0 bridgehead atoms. The van der Waals surface area contributed by atoms with E-state index in [-0.39, 0.29) is 24.1 Å². The van der Waals surface area contributed by atoms with Crippen LogP contribution in [0.5, 0.6) is 5.75 Å². The van der Waals surface area contributed by atoms with Crippen LogP contribution in [0.15, 0.2) is 57.9 Å². The third kappa shape index (κ3) is 4.51. The summed E-state index contributed by atoms with van der Waals surface area (Å²) in [6.07, 6.45) is 1.75. The van der Waals surface area contributed by atoms with Crippen LogP contribution in [0.2, 0.25) is 0 Å². The fourth-order valence-electron chi connectivity index (χ4n) is 2.24. The van der Waals surface area contributed by atoms with Gasteiger partial charge in [0.2, 0.25) is 5.91 Å². The molecular formula is C18H13BrN2O3S2. The molecule has 0 saturated carbocycles. The van der Waals surface area contributed by atoms with E-state index < -0.39 is 0 Å². The fourth-order valence-corrected chi connectivity index (χ4v) is 3.75. The largest absolute Gasteiger partial charge is 0.508 e. The number of nitrogens with one attached hydrogen (secondary N) is 1. The third-order valence-corrected chi connectivity index (χ3v) is 5.40. The number of anilines is 1. The Kier molecular flexibility index (Phi) is 5.75. The normalized spacial score (nSPS) is 15.6. The minimum atomic E-state index is -0.364. The molecule has 2 aromatic rings. The summed E-state index contributed by atoms with van der Waals surface area (Å²) in [4.78, 5) is 26.5. The van der Waals surface area contributed by atoms with Crippen molar-refractivity contribution in [2.45, 2.75) is 0 Å². The van der Waals surface area contributed by atoms with E-state index in [4.69, 9.17) is 12.2 Å². The van der Waals surface area contributed by atoms with Gasteiger partial charge in [0, 0.05) is 10.2 Å². The summed E-state index contributed by atoms with van der Waals surface area (Å²) >= 11 is 9.78. The lowest BCUT2D eigenvalue weighted by Gasteiger charge is -2.14. The van der Waals surface area contributed by atoms with Crippen LogP contribution in [-0.2, 0) is 9.59 Å². The summed E-state index contributed by atoms with van der Waals surface area (Å²) in [6.45, 7) is -0.163. The van der Waals surface area contributed by atoms with Crippen molar-refractivity contribution < 1.29 is 14.7 Å². The second-order valence-corrected chi connectivity index (χ2v) is 8.01. The van der Waals surface area contributed by atoms with E-state index in [9.17, 15) is 14.7 Å². The van der Waals surface area contributed by atoms with Gasteiger partial charge in [-0.2, -0.15) is 0 Å². The first-order chi connectivity index (χ1) is 12.4. The number of aromatic hydroxyl groups is 1. The monoisotopic (exact) mass is 448 g/mol. The SMILES string of the molecule is O=C(CN1C(=O)/C(=C/c2ccc(Br)cc2)SC1=S)Nc1ccc(O)cc1. The topological polar surface area (TPSA) is 69.6 Å². The molecule has 1 aliphatic heterocycles. The van der Waals surface area contributed by atoms with Crippen molar-refractivity contribution in [1.29, 1.82) is 0 Å². The quantitative estimate of drug-likeness (QED) is 0.420. The average Bonchev–Trinajstić information content (AvgIpc) is 2.86. The number of thioether (sulfide) groups is 1. The molecule has 132 valence electrons. The van der Waals surface area contributed by atoms with E-state index in [1.54, 1.807) is 18.2 Å². The Balaban J connectivity index is 1.67. The summed E-state index contributed by atoms with van der Waals surface area (Å²) in [7, 11) is 0. The highest BCUT2D eigenvalue weighted by atomic mass is 79.9. The number of hydrogen-bond donors (Lipinski definition) is 2. The molecule has 0 aromatic heterocycles. The maximum Gasteiger partial charge on any atom is 0.266 e. The highest BCUT2D eigenvalue weighted by molar-refractivity contribution is 9.10. The zero-order chi connectivity index (χ0) is 18.7. The second-order valence-electron chi connectivity index (χ2n) is 5.41. The Hall–Kier alpha value is -2.16. The number of hydrogen-bond acceptors (Lipinski definition) is 5. The van der Waals surface area contributed by atoms with E-state index in [1.165, 1.54) is 28.8 Å². The first-order valence-electron chi connectivity index (χ1n) is 7.52. The molecule has 1 fully saturated rings. The molecular weight excluding hydrogens is 436 g/mol. The Bertz CT molecular complexity index is 896. The Morgan fingerprint density at radius 2 is 1.85 bits per heavy atom. The van der Waals surface area contributed by atoms with Crippen LogP contribution in [0.1, 0.15) is 5.56 Å². The summed E-state index contributed by atoms with van der Waals surface area (Å²) in [6, 6.07) is 13.6. The average molecular weight is 449 g/mol. The standard InChI is InChI=1S/C18H13BrN2O3S2/c19-12-3-1-11(2-4-12)9-15-17(24)21(18(25)26-15)10-16(23)20-13-5-7-14(22)8-6-13/h1-9,22H,10H2,(H,20,23)/b15-9-. The van der Waals surface area contributed by atoms with Gasteiger partial charge in [-0.05, 0) is 48.0 Å². The molecule has 1 saturated heterocycles. The van der Waals surface area contributed by atoms with E-state index in [0.717, 1.165) is 10.0 Å². The van der Waals surface area contributed by atoms with Gasteiger partial charge in [-0.1, -0.05) is 52.0 Å². The van der Waals surface area contributed by atoms with Crippen molar-refractivity contribution >= 4 is 67.8 Å². The molecule has 1 aliphatic rings. The van der Waals surface area contributed by atoms with Crippen molar-refractivity contribution in [2.24, 2.45) is 0 Å². The number of phenols is 1. The molecule has 5 nitrogen and oxygen atoms in total. The molecule has 0 radical (unpaired) electrons. The number of thiocarbonyl (C=S) groups is 1. The predicted molar refractivity (Wildman–Crippen MR) is 111 cm³/mol. The van der Waals surface area contributed by atoms with E-state index in [0.29, 0.717) is 14.9 Å². The molecule has 2 amide bonds. The minimum Gasteiger partial charge on any atom is -0.508 e. The second kappa shape index (κ2) is 8.03. The lowest BCUT2D eigenvalue weighted by molar-refractivity contribution is -0.126. The summed E-state index contributed by atoms with van der Waals surface area (Å²) < 4.78 is 1.30. The number of nitrogens with zero attached hydrogens (tertiary/aromatic N) is 1. The van der Waals surface area contributed by atoms with Crippen molar-refractivity contribution in [3.63, 3.8) is 0 Å². The Morgan fingerprint density at radius 1 is 1.19 bits per heavy atom. The molecule has 2 aromatic carbocycles. The summed E-state index contributed by atoms with van der Waals surface area (Å²) in [5.41, 5.74) is 1.41. The van der Waals surface area contributed by atoms with Gasteiger partial charge < -0.3 is 10.4 Å². The molecule has 2 N–H and O–H groups in total. The van der Waals surface area contributed by atoms with Gasteiger partial charge in [0.1, 0.15) is 16.6 Å². The van der Waals surface area contributed by atoms with Gasteiger partial charge in [0.15, 0.2) is 0 Å². The summed E-state index contributed by atoms with van der Waals surface area (Å²) in [5, 5.41) is 11.9. The highest BCUT2D eigenvalue weighted by Crippen LogP contribution is 2.32. The minimum absolute atomic E-state index is 0.109. The maximum atomic E-state index is 12.5. The molecule has 8 heteroatoms. The highest BCUT2D eigenvalue weighted by Gasteiger charge is 2.33. The van der Waals surface area contributed by atoms with Crippen LogP contribution in [0.3, 0.4) is 0 Å². The fraction of sp³-hybridized carbons (Fsp3) is 0.0556. The van der Waals surface area contributed by atoms with Gasteiger partial charge in [-0.3, -0.25) is 14.5 Å². The molecule has 0 unspecified atom stereocenters. The van der Waals surface area contributed by atoms with Crippen LogP contribution >= 0.6 is 39.9 Å². The van der Waals surface area contributed by atoms with Gasteiger partial charge in [0.05, 0.1) is 4.91 Å². The number of benzene rings is 2. The van der Waals surface area contributed by atoms with Crippen molar-refractivity contribution in [3.05, 3.63) is 63.5 Å². The molecule has 0 aliphatic carbocycles. The number of carbonyl (C=O) groups is 2. The van der Waals surface area contributed by atoms with Gasteiger partial charge in [-0.25, -0.2) is 0 Å². The Labute approximate surface area is 168 Å². The zero-order valence-electron chi connectivity index (χ0n) is 13.3. The smallest absolute Gasteiger partial charge is 0.266 e. The van der Waals surface area contributed by atoms with Crippen molar-refractivity contribution in [1.82, 2.24) is 4.90 Å². The maximum absolute atomic E-state index is 12.5. The number of halogens is 1. The molecule has 26 heavy (non-hydrogen) atoms. The predicted octanol–water partition coefficient (Wildman–Crippen LogP) is 3.99. The van der Waals surface area contributed by atoms with Crippen LogP contribution in [0.25, 0.3) is 6.08 Å². The van der Waals surface area contributed by atoms with Gasteiger partial charge in [0.25, 0.3) is 5.91 Å². The van der Waals surface area contributed by atoms with Gasteiger partial charge >= 0.3 is 0 Å². The Morgan fingerprint density at radius 3 is 2.50 bits per heavy atom. The molecule has 1 heterocycles. The molecule has 3 rings (SSSR count). The van der Waals surface area contributed by atoms with E-state index in [2.05, 4.69) is 21.2 Å². The number of phenolic OH excluding ortho intramolecular Hbond substituents is 1. The summed E-state index contributed by atoms with van der Waals surface area (Å²) in [5.74, 6) is -0.543. The third-order valence-electron chi connectivity index (χ3n) is 3.49. The van der Waals surface area contributed by atoms with Crippen LogP contribution < -0.4 is 5.32 Å². The molecule has 0 atom stereocenters.